The first kappa shape index (κ1) is 17.0. The molecule has 136 valence electrons. The van der Waals surface area contributed by atoms with Crippen LogP contribution < -0.4 is 4.90 Å². The fraction of sp³-hybridized carbons (Fsp3) is 0.421. The van der Waals surface area contributed by atoms with Crippen LogP contribution in [0.1, 0.15) is 18.5 Å². The number of carbonyl (C=O) groups is 1. The smallest absolute Gasteiger partial charge is 0.261 e. The average Bonchev–Trinajstić information content (AvgIpc) is 2.91. The molecule has 5 nitrogen and oxygen atoms in total. The summed E-state index contributed by atoms with van der Waals surface area (Å²) in [6.45, 7) is 0.747. The Hall–Kier alpha value is -2.41. The van der Waals surface area contributed by atoms with Gasteiger partial charge >= 0.3 is 0 Å². The Labute approximate surface area is 150 Å². The zero-order valence-corrected chi connectivity index (χ0v) is 14.3. The summed E-state index contributed by atoms with van der Waals surface area (Å²) in [6.07, 6.45) is 4.91. The van der Waals surface area contributed by atoms with E-state index in [2.05, 4.69) is 9.97 Å². The minimum absolute atomic E-state index is 0.226. The number of carbonyl (C=O) groups excluding carboxylic acids is 1. The van der Waals surface area contributed by atoms with Crippen LogP contribution in [0.4, 0.5) is 14.5 Å². The summed E-state index contributed by atoms with van der Waals surface area (Å²) in [5.74, 6) is -3.12. The van der Waals surface area contributed by atoms with Crippen LogP contribution in [0.3, 0.4) is 0 Å². The molecule has 0 aromatic carbocycles. The lowest BCUT2D eigenvalue weighted by molar-refractivity contribution is -0.147. The molecule has 1 atom stereocenters. The van der Waals surface area contributed by atoms with Crippen molar-refractivity contribution in [2.75, 3.05) is 24.5 Å². The maximum absolute atomic E-state index is 14.5. The zero-order valence-electron chi connectivity index (χ0n) is 14.3. The van der Waals surface area contributed by atoms with E-state index in [0.29, 0.717) is 31.7 Å². The van der Waals surface area contributed by atoms with Gasteiger partial charge in [-0.05, 0) is 30.7 Å². The van der Waals surface area contributed by atoms with Crippen molar-refractivity contribution in [3.05, 3.63) is 54.6 Å². The maximum Gasteiger partial charge on any atom is 0.261 e. The Kier molecular flexibility index (Phi) is 4.19. The number of piperidine rings is 1. The number of hydrogen-bond donors (Lipinski definition) is 0. The van der Waals surface area contributed by atoms with Gasteiger partial charge in [-0.3, -0.25) is 19.7 Å². The topological polar surface area (TPSA) is 49.3 Å². The molecule has 26 heavy (non-hydrogen) atoms. The molecule has 0 radical (unpaired) electrons. The van der Waals surface area contributed by atoms with Gasteiger partial charge in [0.1, 0.15) is 0 Å². The Morgan fingerprint density at radius 3 is 2.73 bits per heavy atom. The van der Waals surface area contributed by atoms with E-state index in [-0.39, 0.29) is 12.5 Å². The number of hydrogen-bond acceptors (Lipinski definition) is 4. The second-order valence-corrected chi connectivity index (χ2v) is 7.20. The van der Waals surface area contributed by atoms with Crippen LogP contribution in [0.25, 0.3) is 0 Å². The molecule has 0 aliphatic carbocycles. The van der Waals surface area contributed by atoms with Crippen molar-refractivity contribution >= 4 is 11.6 Å². The molecular formula is C19H20F2N4O. The second kappa shape index (κ2) is 6.39. The number of amides is 1. The van der Waals surface area contributed by atoms with Crippen molar-refractivity contribution in [2.24, 2.45) is 5.41 Å². The van der Waals surface area contributed by atoms with Crippen LogP contribution in [0.2, 0.25) is 0 Å². The number of halogens is 2. The largest absolute Gasteiger partial charge is 0.310 e. The number of anilines is 1. The van der Waals surface area contributed by atoms with Gasteiger partial charge in [-0.25, -0.2) is 8.78 Å². The molecule has 2 aromatic heterocycles. The van der Waals surface area contributed by atoms with E-state index >= 15 is 0 Å². The summed E-state index contributed by atoms with van der Waals surface area (Å²) in [5, 5.41) is 0. The first-order valence-corrected chi connectivity index (χ1v) is 8.70. The Bertz CT molecular complexity index is 787. The number of aromatic nitrogens is 2. The molecule has 2 aliphatic rings. The maximum atomic E-state index is 14.5. The number of rotatable bonds is 3. The van der Waals surface area contributed by atoms with Crippen LogP contribution >= 0.6 is 0 Å². The monoisotopic (exact) mass is 358 g/mol. The lowest BCUT2D eigenvalue weighted by Gasteiger charge is -2.42. The number of alkyl halides is 2. The number of pyridine rings is 2. The third-order valence-electron chi connectivity index (χ3n) is 5.16. The quantitative estimate of drug-likeness (QED) is 0.847. The molecule has 2 saturated heterocycles. The van der Waals surface area contributed by atoms with E-state index in [1.54, 1.807) is 46.6 Å². The van der Waals surface area contributed by atoms with Gasteiger partial charge in [0.05, 0.1) is 29.5 Å². The summed E-state index contributed by atoms with van der Waals surface area (Å²) in [5.41, 5.74) is 0.348. The second-order valence-electron chi connectivity index (χ2n) is 7.20. The van der Waals surface area contributed by atoms with Crippen LogP contribution in [-0.4, -0.2) is 46.3 Å². The van der Waals surface area contributed by atoms with Gasteiger partial charge < -0.3 is 4.90 Å². The van der Waals surface area contributed by atoms with E-state index in [1.165, 1.54) is 0 Å². The summed E-state index contributed by atoms with van der Waals surface area (Å²) in [4.78, 5) is 24.6. The standard InChI is InChI=1S/C19H20F2N4O/c20-19(21)12-18(13-24(14-19)11-15-4-1-2-8-23-15)6-9-25(17(18)26)16-5-3-7-22-10-16/h1-5,7-8,10H,6,9,11-14H2/t18-/m1/s1. The molecule has 0 unspecified atom stereocenters. The zero-order chi connectivity index (χ0) is 18.2. The van der Waals surface area contributed by atoms with E-state index in [0.717, 1.165) is 5.69 Å². The summed E-state index contributed by atoms with van der Waals surface area (Å²) in [7, 11) is 0. The lowest BCUT2D eigenvalue weighted by Crippen LogP contribution is -2.55. The predicted octanol–water partition coefficient (Wildman–Crippen LogP) is 2.74. The molecule has 1 amide bonds. The van der Waals surface area contributed by atoms with Gasteiger partial charge in [0, 0.05) is 38.4 Å². The van der Waals surface area contributed by atoms with Crippen LogP contribution in [0.5, 0.6) is 0 Å². The molecular weight excluding hydrogens is 338 g/mol. The summed E-state index contributed by atoms with van der Waals surface area (Å²) < 4.78 is 29.0. The fourth-order valence-electron chi connectivity index (χ4n) is 4.14. The highest BCUT2D eigenvalue weighted by Gasteiger charge is 2.57. The molecule has 1 spiro atoms. The molecule has 7 heteroatoms. The molecule has 2 aliphatic heterocycles. The molecule has 2 fully saturated rings. The van der Waals surface area contributed by atoms with E-state index < -0.39 is 17.8 Å². The van der Waals surface area contributed by atoms with Crippen molar-refractivity contribution in [3.63, 3.8) is 0 Å². The minimum Gasteiger partial charge on any atom is -0.310 e. The van der Waals surface area contributed by atoms with Gasteiger partial charge in [-0.1, -0.05) is 6.07 Å². The highest BCUT2D eigenvalue weighted by molar-refractivity contribution is 6.00. The van der Waals surface area contributed by atoms with E-state index in [4.69, 9.17) is 0 Å². The highest BCUT2D eigenvalue weighted by atomic mass is 19.3. The van der Waals surface area contributed by atoms with Gasteiger partial charge in [-0.2, -0.15) is 0 Å². The lowest BCUT2D eigenvalue weighted by atomic mass is 9.77. The Morgan fingerprint density at radius 1 is 1.12 bits per heavy atom. The van der Waals surface area contributed by atoms with Gasteiger partial charge in [0.2, 0.25) is 5.91 Å². The first-order valence-electron chi connectivity index (χ1n) is 8.70. The summed E-state index contributed by atoms with van der Waals surface area (Å²) in [6, 6.07) is 8.98. The van der Waals surface area contributed by atoms with E-state index in [9.17, 15) is 13.6 Å². The van der Waals surface area contributed by atoms with Gasteiger partial charge in [-0.15, -0.1) is 0 Å². The van der Waals surface area contributed by atoms with Crippen molar-refractivity contribution in [2.45, 2.75) is 25.3 Å². The molecule has 4 rings (SSSR count). The normalized spacial score (nSPS) is 25.8. The third kappa shape index (κ3) is 3.19. The fourth-order valence-corrected chi connectivity index (χ4v) is 4.14. The van der Waals surface area contributed by atoms with Crippen molar-refractivity contribution in [1.29, 1.82) is 0 Å². The number of likely N-dealkylation sites (tertiary alicyclic amines) is 1. The van der Waals surface area contributed by atoms with Gasteiger partial charge in [0.15, 0.2) is 0 Å². The van der Waals surface area contributed by atoms with Crippen LogP contribution in [0, 0.1) is 5.41 Å². The number of nitrogens with zero attached hydrogens (tertiary/aromatic N) is 4. The molecule has 0 bridgehead atoms. The highest BCUT2D eigenvalue weighted by Crippen LogP contribution is 2.46. The van der Waals surface area contributed by atoms with Crippen LogP contribution in [-0.2, 0) is 11.3 Å². The van der Waals surface area contributed by atoms with E-state index in [1.807, 2.05) is 12.1 Å². The SMILES string of the molecule is O=C1N(c2cccnc2)CC[C@@]12CN(Cc1ccccn1)CC(F)(F)C2. The first-order chi connectivity index (χ1) is 12.5. The summed E-state index contributed by atoms with van der Waals surface area (Å²) >= 11 is 0. The predicted molar refractivity (Wildman–Crippen MR) is 92.7 cm³/mol. The average molecular weight is 358 g/mol. The third-order valence-corrected chi connectivity index (χ3v) is 5.16. The molecule has 4 heterocycles. The minimum atomic E-state index is -2.90. The van der Waals surface area contributed by atoms with Crippen molar-refractivity contribution in [3.8, 4) is 0 Å². The Balaban J connectivity index is 1.58. The Morgan fingerprint density at radius 2 is 2.00 bits per heavy atom. The van der Waals surface area contributed by atoms with Crippen LogP contribution in [0.15, 0.2) is 48.9 Å². The van der Waals surface area contributed by atoms with Crippen molar-refractivity contribution in [1.82, 2.24) is 14.9 Å². The van der Waals surface area contributed by atoms with Crippen molar-refractivity contribution < 1.29 is 13.6 Å². The van der Waals surface area contributed by atoms with Gasteiger partial charge in [0.25, 0.3) is 5.92 Å². The molecule has 0 N–H and O–H groups in total. The molecule has 2 aromatic rings. The molecule has 0 saturated carbocycles.